The fraction of sp³-hybridized carbons (Fsp3) is 0.435. The molecule has 1 aliphatic heterocycles. The Balaban J connectivity index is 1.89. The third kappa shape index (κ3) is 3.86. The second kappa shape index (κ2) is 7.73. The van der Waals surface area contributed by atoms with Crippen LogP contribution in [0.2, 0.25) is 0 Å². The van der Waals surface area contributed by atoms with Crippen LogP contribution in [0.1, 0.15) is 37.1 Å². The molecule has 0 radical (unpaired) electrons. The van der Waals surface area contributed by atoms with Crippen molar-refractivity contribution in [2.75, 3.05) is 38.0 Å². The van der Waals surface area contributed by atoms with Crippen LogP contribution in [-0.2, 0) is 4.79 Å². The summed E-state index contributed by atoms with van der Waals surface area (Å²) in [5, 5.41) is 3.77. The molecule has 1 fully saturated rings. The van der Waals surface area contributed by atoms with Crippen molar-refractivity contribution in [1.29, 1.82) is 0 Å². The zero-order chi connectivity index (χ0) is 19.7. The van der Waals surface area contributed by atoms with Crippen LogP contribution in [0, 0.1) is 11.8 Å². The van der Waals surface area contributed by atoms with E-state index in [4.69, 9.17) is 0 Å². The largest absolute Gasteiger partial charge is 0.378 e. The first-order valence-electron chi connectivity index (χ1n) is 9.64. The van der Waals surface area contributed by atoms with Gasteiger partial charge in [-0.25, -0.2) is 0 Å². The molecule has 0 bridgehead atoms. The summed E-state index contributed by atoms with van der Waals surface area (Å²) in [7, 11) is 8.15. The molecule has 4 heteroatoms. The zero-order valence-electron chi connectivity index (χ0n) is 17.2. The number of Topliss-reactive ketones (excluding diaryl/α,β-unsaturated/α-hetero) is 1. The minimum Gasteiger partial charge on any atom is -0.378 e. The summed E-state index contributed by atoms with van der Waals surface area (Å²) in [5.74, 6) is 0.252. The van der Waals surface area contributed by atoms with E-state index in [-0.39, 0.29) is 23.9 Å². The molecule has 144 valence electrons. The number of benzene rings is 2. The van der Waals surface area contributed by atoms with Crippen molar-refractivity contribution < 1.29 is 4.79 Å². The molecule has 4 nitrogen and oxygen atoms in total. The van der Waals surface area contributed by atoms with Gasteiger partial charge in [-0.05, 0) is 35.4 Å². The number of piperidine rings is 1. The van der Waals surface area contributed by atoms with Gasteiger partial charge in [0.2, 0.25) is 0 Å². The molecule has 0 aliphatic carbocycles. The van der Waals surface area contributed by atoms with Gasteiger partial charge in [0.25, 0.3) is 0 Å². The van der Waals surface area contributed by atoms with Crippen LogP contribution >= 0.6 is 0 Å². The maximum Gasteiger partial charge on any atom is 0.142 e. The van der Waals surface area contributed by atoms with E-state index in [1.54, 1.807) is 0 Å². The molecule has 3 rings (SSSR count). The Morgan fingerprint density at radius 2 is 1.00 bits per heavy atom. The third-order valence-corrected chi connectivity index (χ3v) is 5.79. The molecule has 1 saturated heterocycles. The maximum absolute atomic E-state index is 13.0. The smallest absolute Gasteiger partial charge is 0.142 e. The standard InChI is InChI=1S/C23H31N3O/c1-15-21(17-7-11-19(12-8-17)25(3)4)24-22(16(2)23(15)27)18-9-13-20(14-10-18)26(5)6/h7-16,21-22,24H,1-6H3/t15-,16+,21-,22-/m0/s1. The molecule has 1 aliphatic rings. The third-order valence-electron chi connectivity index (χ3n) is 5.79. The number of nitrogens with zero attached hydrogens (tertiary/aromatic N) is 2. The number of ketones is 1. The van der Waals surface area contributed by atoms with Gasteiger partial charge in [0, 0.05) is 63.5 Å². The van der Waals surface area contributed by atoms with Crippen LogP contribution < -0.4 is 15.1 Å². The molecule has 0 saturated carbocycles. The molecule has 0 amide bonds. The second-order valence-corrected chi connectivity index (χ2v) is 8.07. The lowest BCUT2D eigenvalue weighted by Crippen LogP contribution is -2.46. The molecule has 0 unspecified atom stereocenters. The van der Waals surface area contributed by atoms with E-state index in [2.05, 4.69) is 63.6 Å². The van der Waals surface area contributed by atoms with Crippen molar-refractivity contribution in [2.24, 2.45) is 11.8 Å². The van der Waals surface area contributed by atoms with Gasteiger partial charge in [-0.3, -0.25) is 4.79 Å². The Bertz CT molecular complexity index is 715. The molecule has 2 aromatic rings. The van der Waals surface area contributed by atoms with Crippen molar-refractivity contribution in [3.8, 4) is 0 Å². The minimum absolute atomic E-state index is 0.0310. The van der Waals surface area contributed by atoms with Crippen LogP contribution in [0.15, 0.2) is 48.5 Å². The average molecular weight is 366 g/mol. The molecule has 0 aromatic heterocycles. The predicted octanol–water partition coefficient (Wildman–Crippen LogP) is 4.05. The van der Waals surface area contributed by atoms with E-state index in [1.807, 2.05) is 42.0 Å². The highest BCUT2D eigenvalue weighted by molar-refractivity contribution is 5.85. The van der Waals surface area contributed by atoms with Crippen LogP contribution in [0.3, 0.4) is 0 Å². The number of hydrogen-bond donors (Lipinski definition) is 1. The van der Waals surface area contributed by atoms with Crippen molar-refractivity contribution in [3.05, 3.63) is 59.7 Å². The highest BCUT2D eigenvalue weighted by atomic mass is 16.1. The van der Waals surface area contributed by atoms with Crippen molar-refractivity contribution in [3.63, 3.8) is 0 Å². The molecule has 27 heavy (non-hydrogen) atoms. The maximum atomic E-state index is 13.0. The zero-order valence-corrected chi connectivity index (χ0v) is 17.2. The Morgan fingerprint density at radius 1 is 0.667 bits per heavy atom. The van der Waals surface area contributed by atoms with Crippen molar-refractivity contribution >= 4 is 17.2 Å². The summed E-state index contributed by atoms with van der Waals surface area (Å²) in [6, 6.07) is 17.1. The monoisotopic (exact) mass is 365 g/mol. The molecular formula is C23H31N3O. The summed E-state index contributed by atoms with van der Waals surface area (Å²) in [4.78, 5) is 17.2. The average Bonchev–Trinajstić information content (AvgIpc) is 2.66. The summed E-state index contributed by atoms with van der Waals surface area (Å²) >= 11 is 0. The van der Waals surface area contributed by atoms with Crippen LogP contribution in [0.4, 0.5) is 11.4 Å². The van der Waals surface area contributed by atoms with Crippen LogP contribution in [0.5, 0.6) is 0 Å². The molecule has 0 spiro atoms. The van der Waals surface area contributed by atoms with E-state index in [1.165, 1.54) is 11.1 Å². The van der Waals surface area contributed by atoms with Crippen molar-refractivity contribution in [2.45, 2.75) is 25.9 Å². The molecule has 4 atom stereocenters. The Kier molecular flexibility index (Phi) is 5.56. The molecule has 1 heterocycles. The van der Waals surface area contributed by atoms with Gasteiger partial charge in [0.05, 0.1) is 0 Å². The first-order chi connectivity index (χ1) is 12.8. The fourth-order valence-corrected chi connectivity index (χ4v) is 3.95. The minimum atomic E-state index is -0.0393. The highest BCUT2D eigenvalue weighted by Crippen LogP contribution is 2.38. The van der Waals surface area contributed by atoms with E-state index < -0.39 is 0 Å². The lowest BCUT2D eigenvalue weighted by Gasteiger charge is -2.39. The molecular weight excluding hydrogens is 334 g/mol. The van der Waals surface area contributed by atoms with Gasteiger partial charge in [0.1, 0.15) is 5.78 Å². The van der Waals surface area contributed by atoms with E-state index in [0.29, 0.717) is 5.78 Å². The van der Waals surface area contributed by atoms with Gasteiger partial charge in [-0.15, -0.1) is 0 Å². The summed E-state index contributed by atoms with van der Waals surface area (Å²) in [6.07, 6.45) is 0. The molecule has 2 aromatic carbocycles. The van der Waals surface area contributed by atoms with E-state index >= 15 is 0 Å². The predicted molar refractivity (Wildman–Crippen MR) is 113 cm³/mol. The summed E-state index contributed by atoms with van der Waals surface area (Å²) in [6.45, 7) is 4.09. The summed E-state index contributed by atoms with van der Waals surface area (Å²) in [5.41, 5.74) is 4.67. The number of carbonyl (C=O) groups excluding carboxylic acids is 1. The van der Waals surface area contributed by atoms with Gasteiger partial charge < -0.3 is 15.1 Å². The van der Waals surface area contributed by atoms with Gasteiger partial charge >= 0.3 is 0 Å². The van der Waals surface area contributed by atoms with Gasteiger partial charge in [-0.1, -0.05) is 38.1 Å². The van der Waals surface area contributed by atoms with Crippen LogP contribution in [-0.4, -0.2) is 34.0 Å². The lowest BCUT2D eigenvalue weighted by atomic mass is 9.76. The highest BCUT2D eigenvalue weighted by Gasteiger charge is 2.40. The number of hydrogen-bond acceptors (Lipinski definition) is 4. The van der Waals surface area contributed by atoms with E-state index in [9.17, 15) is 4.79 Å². The lowest BCUT2D eigenvalue weighted by molar-refractivity contribution is -0.130. The molecule has 1 N–H and O–H groups in total. The van der Waals surface area contributed by atoms with E-state index in [0.717, 1.165) is 11.4 Å². The fourth-order valence-electron chi connectivity index (χ4n) is 3.95. The van der Waals surface area contributed by atoms with Crippen molar-refractivity contribution in [1.82, 2.24) is 5.32 Å². The van der Waals surface area contributed by atoms with Crippen LogP contribution in [0.25, 0.3) is 0 Å². The SMILES string of the molecule is C[C@@H]1C(=O)[C@H](C)[C@@H](c2ccc(N(C)C)cc2)N[C@@H]1c1ccc(N(C)C)cc1. The number of nitrogens with one attached hydrogen (secondary N) is 1. The number of rotatable bonds is 4. The quantitative estimate of drug-likeness (QED) is 0.887. The number of carbonyl (C=O) groups is 1. The van der Waals surface area contributed by atoms with Gasteiger partial charge in [0.15, 0.2) is 0 Å². The summed E-state index contributed by atoms with van der Waals surface area (Å²) < 4.78 is 0. The number of anilines is 2. The van der Waals surface area contributed by atoms with Gasteiger partial charge in [-0.2, -0.15) is 0 Å². The Hall–Kier alpha value is -2.33. The second-order valence-electron chi connectivity index (χ2n) is 8.07. The topological polar surface area (TPSA) is 35.6 Å². The first kappa shape index (κ1) is 19.4. The Labute approximate surface area is 163 Å². The first-order valence-corrected chi connectivity index (χ1v) is 9.64. The normalized spacial score (nSPS) is 25.3. The Morgan fingerprint density at radius 3 is 1.30 bits per heavy atom.